The molecule has 150 valence electrons. The lowest BCUT2D eigenvalue weighted by Gasteiger charge is -2.15. The van der Waals surface area contributed by atoms with E-state index < -0.39 is 17.6 Å². The highest BCUT2D eigenvalue weighted by molar-refractivity contribution is 9.10. The lowest BCUT2D eigenvalue weighted by atomic mass is 9.99. The quantitative estimate of drug-likeness (QED) is 0.511. The van der Waals surface area contributed by atoms with Gasteiger partial charge in [-0.2, -0.15) is 0 Å². The van der Waals surface area contributed by atoms with E-state index in [-0.39, 0.29) is 17.0 Å². The van der Waals surface area contributed by atoms with Gasteiger partial charge in [-0.1, -0.05) is 46.3 Å². The summed E-state index contributed by atoms with van der Waals surface area (Å²) in [4.78, 5) is 27.7. The van der Waals surface area contributed by atoms with Gasteiger partial charge in [0.1, 0.15) is 11.5 Å². The fourth-order valence-corrected chi connectivity index (χ4v) is 3.77. The second-order valence-electron chi connectivity index (χ2n) is 7.11. The van der Waals surface area contributed by atoms with Crippen LogP contribution < -0.4 is 10.2 Å². The maximum Gasteiger partial charge on any atom is 0.282 e. The lowest BCUT2D eigenvalue weighted by molar-refractivity contribution is -0.120. The summed E-state index contributed by atoms with van der Waals surface area (Å²) in [6, 6.07) is 18.4. The number of hydrogen-bond donors (Lipinski definition) is 1. The number of nitrogens with zero attached hydrogens (tertiary/aromatic N) is 1. The summed E-state index contributed by atoms with van der Waals surface area (Å²) < 4.78 is 14.6. The van der Waals surface area contributed by atoms with Crippen molar-refractivity contribution < 1.29 is 14.0 Å². The third kappa shape index (κ3) is 3.66. The molecule has 1 aliphatic heterocycles. The Balaban J connectivity index is 1.86. The van der Waals surface area contributed by atoms with Crippen molar-refractivity contribution in [3.05, 3.63) is 99.4 Å². The monoisotopic (exact) mass is 464 g/mol. The first-order valence-corrected chi connectivity index (χ1v) is 10.1. The van der Waals surface area contributed by atoms with Gasteiger partial charge in [-0.3, -0.25) is 9.59 Å². The molecule has 0 aromatic heterocycles. The van der Waals surface area contributed by atoms with Crippen molar-refractivity contribution in [2.45, 2.75) is 13.8 Å². The van der Waals surface area contributed by atoms with E-state index in [0.29, 0.717) is 11.3 Å². The molecule has 4 rings (SSSR count). The normalized spacial score (nSPS) is 13.9. The molecule has 1 aliphatic rings. The van der Waals surface area contributed by atoms with Gasteiger partial charge in [-0.05, 0) is 66.9 Å². The summed E-state index contributed by atoms with van der Waals surface area (Å²) in [5, 5.41) is 3.10. The average molecular weight is 465 g/mol. The summed E-state index contributed by atoms with van der Waals surface area (Å²) in [6.07, 6.45) is 0. The molecule has 3 aromatic carbocycles. The lowest BCUT2D eigenvalue weighted by Crippen LogP contribution is -2.32. The van der Waals surface area contributed by atoms with E-state index in [1.54, 1.807) is 12.1 Å². The molecular weight excluding hydrogens is 447 g/mol. The largest absolute Gasteiger partial charge is 0.350 e. The van der Waals surface area contributed by atoms with E-state index in [4.69, 9.17) is 0 Å². The highest BCUT2D eigenvalue weighted by Gasteiger charge is 2.40. The van der Waals surface area contributed by atoms with Gasteiger partial charge in [-0.15, -0.1) is 0 Å². The van der Waals surface area contributed by atoms with E-state index in [1.165, 1.54) is 18.2 Å². The number of benzene rings is 3. The fourth-order valence-electron chi connectivity index (χ4n) is 3.37. The molecule has 0 unspecified atom stereocenters. The van der Waals surface area contributed by atoms with E-state index in [1.807, 2.05) is 50.2 Å². The Morgan fingerprint density at radius 3 is 2.33 bits per heavy atom. The topological polar surface area (TPSA) is 49.4 Å². The molecule has 0 radical (unpaired) electrons. The third-order valence-corrected chi connectivity index (χ3v) is 5.53. The Labute approximate surface area is 182 Å². The van der Waals surface area contributed by atoms with Gasteiger partial charge in [0.05, 0.1) is 11.3 Å². The zero-order chi connectivity index (χ0) is 21.4. The van der Waals surface area contributed by atoms with E-state index in [9.17, 15) is 14.0 Å². The molecule has 30 heavy (non-hydrogen) atoms. The average Bonchev–Trinajstić information content (AvgIpc) is 2.94. The number of anilines is 2. The van der Waals surface area contributed by atoms with Crippen LogP contribution in [0.25, 0.3) is 5.57 Å². The molecule has 1 N–H and O–H groups in total. The predicted octanol–water partition coefficient (Wildman–Crippen LogP) is 5.60. The molecule has 0 aliphatic carbocycles. The van der Waals surface area contributed by atoms with Gasteiger partial charge in [-0.25, -0.2) is 9.29 Å². The van der Waals surface area contributed by atoms with Gasteiger partial charge in [0.25, 0.3) is 11.8 Å². The summed E-state index contributed by atoms with van der Waals surface area (Å²) in [7, 11) is 0. The van der Waals surface area contributed by atoms with Crippen LogP contribution in [-0.4, -0.2) is 11.8 Å². The molecule has 1 heterocycles. The molecule has 0 fully saturated rings. The molecular formula is C24H18BrFN2O2. The Kier molecular flexibility index (Phi) is 5.26. The fraction of sp³-hybridized carbons (Fsp3) is 0.0833. The van der Waals surface area contributed by atoms with E-state index >= 15 is 0 Å². The summed E-state index contributed by atoms with van der Waals surface area (Å²) in [5.74, 6) is -1.54. The number of aryl methyl sites for hydroxylation is 2. The number of amides is 2. The maximum absolute atomic E-state index is 13.8. The molecule has 0 bridgehead atoms. The molecule has 4 nitrogen and oxygen atoms in total. The highest BCUT2D eigenvalue weighted by Crippen LogP contribution is 2.34. The number of hydrogen-bond acceptors (Lipinski definition) is 3. The minimum Gasteiger partial charge on any atom is -0.350 e. The van der Waals surface area contributed by atoms with Crippen molar-refractivity contribution in [1.82, 2.24) is 0 Å². The minimum absolute atomic E-state index is 0.158. The first kappa shape index (κ1) is 20.0. The highest BCUT2D eigenvalue weighted by atomic mass is 79.9. The van der Waals surface area contributed by atoms with E-state index in [0.717, 1.165) is 20.5 Å². The van der Waals surface area contributed by atoms with Gasteiger partial charge in [0, 0.05) is 10.2 Å². The number of carbonyl (C=O) groups is 2. The predicted molar refractivity (Wildman–Crippen MR) is 119 cm³/mol. The Hall–Kier alpha value is -3.25. The van der Waals surface area contributed by atoms with Crippen LogP contribution in [0, 0.1) is 19.7 Å². The zero-order valence-electron chi connectivity index (χ0n) is 16.4. The second-order valence-corrected chi connectivity index (χ2v) is 8.03. The van der Waals surface area contributed by atoms with Crippen molar-refractivity contribution >= 4 is 44.7 Å². The molecule has 0 saturated heterocycles. The van der Waals surface area contributed by atoms with Crippen LogP contribution >= 0.6 is 15.9 Å². The van der Waals surface area contributed by atoms with E-state index in [2.05, 4.69) is 21.2 Å². The summed E-state index contributed by atoms with van der Waals surface area (Å²) >= 11 is 3.41. The zero-order valence-corrected chi connectivity index (χ0v) is 18.0. The number of imide groups is 1. The van der Waals surface area contributed by atoms with Crippen LogP contribution in [0.4, 0.5) is 15.8 Å². The van der Waals surface area contributed by atoms with Crippen molar-refractivity contribution in [1.29, 1.82) is 0 Å². The van der Waals surface area contributed by atoms with Crippen LogP contribution in [-0.2, 0) is 9.59 Å². The SMILES string of the molecule is Cc1ccc(C2=C(Nc3cccc(Br)c3)C(=O)N(c3cccc(F)c3)C2=O)cc1C. The van der Waals surface area contributed by atoms with Crippen LogP contribution in [0.5, 0.6) is 0 Å². The molecule has 3 aromatic rings. The number of halogens is 2. The second kappa shape index (κ2) is 7.88. The Bertz CT molecular complexity index is 1220. The number of carbonyl (C=O) groups excluding carboxylic acids is 2. The summed E-state index contributed by atoms with van der Waals surface area (Å²) in [6.45, 7) is 3.93. The van der Waals surface area contributed by atoms with Gasteiger partial charge >= 0.3 is 0 Å². The van der Waals surface area contributed by atoms with Crippen LogP contribution in [0.15, 0.2) is 76.9 Å². The molecule has 2 amide bonds. The first-order valence-electron chi connectivity index (χ1n) is 9.34. The van der Waals surface area contributed by atoms with Crippen LogP contribution in [0.2, 0.25) is 0 Å². The van der Waals surface area contributed by atoms with Crippen molar-refractivity contribution in [3.8, 4) is 0 Å². The Morgan fingerprint density at radius 1 is 0.867 bits per heavy atom. The smallest absolute Gasteiger partial charge is 0.282 e. The van der Waals surface area contributed by atoms with Gasteiger partial charge in [0.15, 0.2) is 0 Å². The van der Waals surface area contributed by atoms with Gasteiger partial charge in [0.2, 0.25) is 0 Å². The molecule has 0 saturated carbocycles. The third-order valence-electron chi connectivity index (χ3n) is 5.04. The number of nitrogens with one attached hydrogen (secondary N) is 1. The molecule has 0 atom stereocenters. The maximum atomic E-state index is 13.8. The van der Waals surface area contributed by atoms with Gasteiger partial charge < -0.3 is 5.32 Å². The van der Waals surface area contributed by atoms with Crippen molar-refractivity contribution in [3.63, 3.8) is 0 Å². The summed E-state index contributed by atoms with van der Waals surface area (Å²) in [5.41, 5.74) is 3.98. The molecule has 6 heteroatoms. The number of rotatable bonds is 4. The van der Waals surface area contributed by atoms with Crippen molar-refractivity contribution in [2.24, 2.45) is 0 Å². The van der Waals surface area contributed by atoms with Crippen LogP contribution in [0.3, 0.4) is 0 Å². The minimum atomic E-state index is -0.529. The first-order chi connectivity index (χ1) is 14.3. The van der Waals surface area contributed by atoms with Crippen molar-refractivity contribution in [2.75, 3.05) is 10.2 Å². The molecule has 0 spiro atoms. The van der Waals surface area contributed by atoms with Crippen LogP contribution in [0.1, 0.15) is 16.7 Å². The Morgan fingerprint density at radius 2 is 1.63 bits per heavy atom. The standard InChI is InChI=1S/C24H18BrFN2O2/c1-14-9-10-16(11-15(14)2)21-22(27-19-7-3-5-17(25)12-19)24(30)28(23(21)29)20-8-4-6-18(26)13-20/h3-13,27H,1-2H3.